The molecule has 0 amide bonds. The summed E-state index contributed by atoms with van der Waals surface area (Å²) in [6.07, 6.45) is 20.9. The van der Waals surface area contributed by atoms with Crippen molar-refractivity contribution in [3.05, 3.63) is 12.2 Å². The van der Waals surface area contributed by atoms with Crippen LogP contribution in [0.25, 0.3) is 0 Å². The zero-order valence-corrected chi connectivity index (χ0v) is 18.3. The number of hydrogen-bond acceptors (Lipinski definition) is 2. The van der Waals surface area contributed by atoms with Crippen LogP contribution in [-0.2, 0) is 4.79 Å². The van der Waals surface area contributed by atoms with Crippen LogP contribution in [0.4, 0.5) is 0 Å². The van der Waals surface area contributed by atoms with Gasteiger partial charge in [-0.2, -0.15) is 0 Å². The molecular formula is C24H46O3. The lowest BCUT2D eigenvalue weighted by atomic mass is 9.97. The van der Waals surface area contributed by atoms with Gasteiger partial charge in [-0.15, -0.1) is 0 Å². The number of rotatable bonds is 19. The summed E-state index contributed by atoms with van der Waals surface area (Å²) in [5.74, 6) is 0.359. The Labute approximate surface area is 168 Å². The zero-order valence-electron chi connectivity index (χ0n) is 18.3. The van der Waals surface area contributed by atoms with Gasteiger partial charge < -0.3 is 10.2 Å². The molecule has 0 aliphatic rings. The van der Waals surface area contributed by atoms with Crippen molar-refractivity contribution in [1.29, 1.82) is 0 Å². The molecule has 0 saturated heterocycles. The highest BCUT2D eigenvalue weighted by Gasteiger charge is 2.10. The molecule has 3 nitrogen and oxygen atoms in total. The van der Waals surface area contributed by atoms with E-state index in [0.29, 0.717) is 6.42 Å². The molecular weight excluding hydrogens is 336 g/mol. The maximum Gasteiger partial charge on any atom is 0.303 e. The van der Waals surface area contributed by atoms with E-state index in [1.165, 1.54) is 57.8 Å². The van der Waals surface area contributed by atoms with Crippen molar-refractivity contribution in [2.75, 3.05) is 0 Å². The molecule has 0 fully saturated rings. The highest BCUT2D eigenvalue weighted by atomic mass is 16.4. The van der Waals surface area contributed by atoms with E-state index < -0.39 is 5.97 Å². The second kappa shape index (κ2) is 18.5. The van der Waals surface area contributed by atoms with E-state index >= 15 is 0 Å². The lowest BCUT2D eigenvalue weighted by Crippen LogP contribution is -2.15. The molecule has 0 aliphatic carbocycles. The van der Waals surface area contributed by atoms with Crippen LogP contribution in [0.15, 0.2) is 12.2 Å². The summed E-state index contributed by atoms with van der Waals surface area (Å²) in [6, 6.07) is 0. The van der Waals surface area contributed by atoms with Gasteiger partial charge >= 0.3 is 5.97 Å². The van der Waals surface area contributed by atoms with Crippen LogP contribution >= 0.6 is 0 Å². The van der Waals surface area contributed by atoms with Gasteiger partial charge in [0.1, 0.15) is 0 Å². The minimum Gasteiger partial charge on any atom is -0.481 e. The molecule has 0 unspecified atom stereocenters. The van der Waals surface area contributed by atoms with E-state index in [0.717, 1.165) is 31.6 Å². The van der Waals surface area contributed by atoms with Gasteiger partial charge in [0.25, 0.3) is 0 Å². The van der Waals surface area contributed by atoms with Crippen molar-refractivity contribution in [1.82, 2.24) is 0 Å². The lowest BCUT2D eigenvalue weighted by molar-refractivity contribution is -0.137. The molecule has 0 rings (SSSR count). The third kappa shape index (κ3) is 18.3. The fraction of sp³-hybridized carbons (Fsp3) is 0.875. The fourth-order valence-electron chi connectivity index (χ4n) is 3.35. The van der Waals surface area contributed by atoms with Crippen molar-refractivity contribution in [2.24, 2.45) is 11.8 Å². The first-order valence-corrected chi connectivity index (χ1v) is 11.5. The third-order valence-electron chi connectivity index (χ3n) is 5.70. The normalized spacial score (nSPS) is 15.1. The number of carboxylic acids is 1. The molecule has 3 atom stereocenters. The average Bonchev–Trinajstić information content (AvgIpc) is 2.64. The van der Waals surface area contributed by atoms with Crippen molar-refractivity contribution in [2.45, 2.75) is 123 Å². The Hall–Kier alpha value is -0.830. The molecule has 0 bridgehead atoms. The Morgan fingerprint density at radius 1 is 0.852 bits per heavy atom. The Kier molecular flexibility index (Phi) is 18.0. The predicted octanol–water partition coefficient (Wildman–Crippen LogP) is 7.13. The summed E-state index contributed by atoms with van der Waals surface area (Å²) in [6.45, 7) is 6.71. The largest absolute Gasteiger partial charge is 0.481 e. The molecule has 160 valence electrons. The van der Waals surface area contributed by atoms with Crippen molar-refractivity contribution >= 4 is 5.97 Å². The SMILES string of the molecule is CC[C@H](C)CCCCCCCCC/C=C\[C@H](C)[C@H](O)CCCCCC(=O)O. The van der Waals surface area contributed by atoms with Crippen LogP contribution < -0.4 is 0 Å². The smallest absolute Gasteiger partial charge is 0.303 e. The Bertz CT molecular complexity index is 365. The first kappa shape index (κ1) is 26.2. The van der Waals surface area contributed by atoms with E-state index in [9.17, 15) is 9.90 Å². The zero-order chi connectivity index (χ0) is 20.3. The van der Waals surface area contributed by atoms with E-state index in [2.05, 4.69) is 32.9 Å². The molecule has 0 aromatic carbocycles. The Morgan fingerprint density at radius 2 is 1.41 bits per heavy atom. The van der Waals surface area contributed by atoms with Gasteiger partial charge in [-0.3, -0.25) is 4.79 Å². The van der Waals surface area contributed by atoms with Crippen LogP contribution in [0.1, 0.15) is 117 Å². The molecule has 0 radical (unpaired) electrons. The standard InChI is InChI=1S/C24H46O3/c1-4-21(2)17-13-10-8-6-5-7-9-11-14-18-22(3)23(25)19-15-12-16-20-24(26)27/h14,18,21-23,25H,4-13,15-17,19-20H2,1-3H3,(H,26,27)/b18-14-/t21-,22-,23+/m0/s1. The van der Waals surface area contributed by atoms with Gasteiger partial charge in [-0.25, -0.2) is 0 Å². The predicted molar refractivity (Wildman–Crippen MR) is 116 cm³/mol. The van der Waals surface area contributed by atoms with Crippen molar-refractivity contribution < 1.29 is 15.0 Å². The minimum absolute atomic E-state index is 0.190. The second-order valence-electron chi connectivity index (χ2n) is 8.41. The summed E-state index contributed by atoms with van der Waals surface area (Å²) in [7, 11) is 0. The number of aliphatic carboxylic acids is 1. The summed E-state index contributed by atoms with van der Waals surface area (Å²) in [5.41, 5.74) is 0. The molecule has 0 aromatic rings. The van der Waals surface area contributed by atoms with E-state index in [1.54, 1.807) is 0 Å². The van der Waals surface area contributed by atoms with Crippen LogP contribution in [0, 0.1) is 11.8 Å². The van der Waals surface area contributed by atoms with Crippen LogP contribution in [-0.4, -0.2) is 22.3 Å². The highest BCUT2D eigenvalue weighted by Crippen LogP contribution is 2.16. The molecule has 0 aromatic heterocycles. The summed E-state index contributed by atoms with van der Waals surface area (Å²) in [5, 5.41) is 18.8. The first-order valence-electron chi connectivity index (χ1n) is 11.5. The highest BCUT2D eigenvalue weighted by molar-refractivity contribution is 5.66. The number of aliphatic hydroxyl groups is 1. The number of aliphatic hydroxyl groups excluding tert-OH is 1. The molecule has 0 aliphatic heterocycles. The number of carboxylic acid groups (broad SMARTS) is 1. The molecule has 0 heterocycles. The number of hydrogen-bond donors (Lipinski definition) is 2. The van der Waals surface area contributed by atoms with Crippen molar-refractivity contribution in [3.63, 3.8) is 0 Å². The molecule has 0 spiro atoms. The van der Waals surface area contributed by atoms with Gasteiger partial charge in [0.15, 0.2) is 0 Å². The van der Waals surface area contributed by atoms with Crippen LogP contribution in [0.3, 0.4) is 0 Å². The quantitative estimate of drug-likeness (QED) is 0.184. The van der Waals surface area contributed by atoms with Gasteiger partial charge in [0.2, 0.25) is 0 Å². The summed E-state index contributed by atoms with van der Waals surface area (Å²) < 4.78 is 0. The number of allylic oxidation sites excluding steroid dienone is 1. The van der Waals surface area contributed by atoms with Gasteiger partial charge in [-0.05, 0) is 37.5 Å². The summed E-state index contributed by atoms with van der Waals surface area (Å²) in [4.78, 5) is 10.5. The van der Waals surface area contributed by atoms with Crippen molar-refractivity contribution in [3.8, 4) is 0 Å². The number of carbonyl (C=O) groups is 1. The van der Waals surface area contributed by atoms with E-state index in [4.69, 9.17) is 5.11 Å². The molecule has 2 N–H and O–H groups in total. The van der Waals surface area contributed by atoms with Gasteiger partial charge in [0.05, 0.1) is 6.10 Å². The lowest BCUT2D eigenvalue weighted by Gasteiger charge is -2.15. The Morgan fingerprint density at radius 3 is 2.04 bits per heavy atom. The topological polar surface area (TPSA) is 57.5 Å². The van der Waals surface area contributed by atoms with Gasteiger partial charge in [-0.1, -0.05) is 97.1 Å². The maximum absolute atomic E-state index is 10.5. The van der Waals surface area contributed by atoms with E-state index in [1.807, 2.05) is 0 Å². The average molecular weight is 383 g/mol. The fourth-order valence-corrected chi connectivity index (χ4v) is 3.35. The third-order valence-corrected chi connectivity index (χ3v) is 5.70. The molecule has 27 heavy (non-hydrogen) atoms. The maximum atomic E-state index is 10.5. The van der Waals surface area contributed by atoms with Gasteiger partial charge in [0, 0.05) is 6.42 Å². The van der Waals surface area contributed by atoms with E-state index in [-0.39, 0.29) is 18.4 Å². The monoisotopic (exact) mass is 382 g/mol. The van der Waals surface area contributed by atoms with Crippen LogP contribution in [0.2, 0.25) is 0 Å². The first-order chi connectivity index (χ1) is 13.0. The van der Waals surface area contributed by atoms with Crippen LogP contribution in [0.5, 0.6) is 0 Å². The molecule has 3 heteroatoms. The summed E-state index contributed by atoms with van der Waals surface area (Å²) >= 11 is 0. The molecule has 0 saturated carbocycles. The number of unbranched alkanes of at least 4 members (excludes halogenated alkanes) is 9. The Balaban J connectivity index is 3.46. The second-order valence-corrected chi connectivity index (χ2v) is 8.41. The minimum atomic E-state index is -0.728.